The number of amides is 1. The van der Waals surface area contributed by atoms with Crippen molar-refractivity contribution in [2.24, 2.45) is 0 Å². The molecule has 1 aromatic carbocycles. The number of hydrogen-bond donors (Lipinski definition) is 1. The van der Waals surface area contributed by atoms with E-state index < -0.39 is 70.4 Å². The molecule has 2 fully saturated rings. The van der Waals surface area contributed by atoms with Gasteiger partial charge in [-0.15, -0.1) is 5.92 Å². The topological polar surface area (TPSA) is 115 Å². The molecule has 2 N–H and O–H groups in total. The Morgan fingerprint density at radius 2 is 1.85 bits per heavy atom. The van der Waals surface area contributed by atoms with Crippen molar-refractivity contribution in [3.63, 3.8) is 0 Å². The Hall–Kier alpha value is -4.89. The summed E-state index contributed by atoms with van der Waals surface area (Å²) >= 11 is 0. The van der Waals surface area contributed by atoms with Crippen LogP contribution in [-0.2, 0) is 43.2 Å². The first-order valence-electron chi connectivity index (χ1n) is 17.7. The number of nitrogen functional groups attached to an aromatic ring is 1. The lowest BCUT2D eigenvalue weighted by atomic mass is 9.90. The number of carbonyl (C=O) groups is 1. The van der Waals surface area contributed by atoms with E-state index in [9.17, 15) is 31.1 Å². The number of aryl methyl sites for hydroxylation is 1. The molecular formula is C37H39F7N8O3. The third kappa shape index (κ3) is 6.96. The van der Waals surface area contributed by atoms with Crippen molar-refractivity contribution in [3.8, 4) is 17.9 Å². The van der Waals surface area contributed by atoms with Gasteiger partial charge in [-0.2, -0.15) is 41.4 Å². The lowest BCUT2D eigenvalue weighted by molar-refractivity contribution is -0.140. The molecule has 0 aliphatic carbocycles. The van der Waals surface area contributed by atoms with Gasteiger partial charge in [0.1, 0.15) is 18.0 Å². The zero-order valence-corrected chi connectivity index (χ0v) is 30.4. The molecule has 0 unspecified atom stereocenters. The van der Waals surface area contributed by atoms with Gasteiger partial charge in [0, 0.05) is 56.8 Å². The molecule has 4 aliphatic heterocycles. The van der Waals surface area contributed by atoms with Crippen LogP contribution >= 0.6 is 0 Å². The van der Waals surface area contributed by atoms with Gasteiger partial charge in [0.05, 0.1) is 47.4 Å². The Morgan fingerprint density at radius 1 is 1.11 bits per heavy atom. The van der Waals surface area contributed by atoms with Gasteiger partial charge in [0.25, 0.3) is 5.91 Å². The van der Waals surface area contributed by atoms with E-state index in [0.29, 0.717) is 19.4 Å². The van der Waals surface area contributed by atoms with Gasteiger partial charge in [-0.1, -0.05) is 18.1 Å². The normalized spacial score (nSPS) is 21.4. The molecule has 18 heteroatoms. The second-order valence-electron chi connectivity index (χ2n) is 14.6. The molecule has 6 heterocycles. The van der Waals surface area contributed by atoms with Gasteiger partial charge in [-0.25, -0.2) is 4.39 Å². The second-order valence-corrected chi connectivity index (χ2v) is 14.6. The summed E-state index contributed by atoms with van der Waals surface area (Å²) in [5, 5.41) is 4.09. The van der Waals surface area contributed by atoms with Gasteiger partial charge < -0.3 is 25.0 Å². The molecule has 2 aromatic heterocycles. The predicted octanol–water partition coefficient (Wildman–Crippen LogP) is 5.90. The highest BCUT2D eigenvalue weighted by atomic mass is 19.4. The molecular weight excluding hydrogens is 737 g/mol. The van der Waals surface area contributed by atoms with Crippen molar-refractivity contribution in [2.45, 2.75) is 82.7 Å². The van der Waals surface area contributed by atoms with Gasteiger partial charge in [-0.05, 0) is 45.2 Å². The minimum Gasteiger partial charge on any atom is -0.461 e. The fourth-order valence-electron chi connectivity index (χ4n) is 8.28. The maximum Gasteiger partial charge on any atom is 0.420 e. The average Bonchev–Trinajstić information content (AvgIpc) is 3.71. The highest BCUT2D eigenvalue weighted by molar-refractivity contribution is 5.94. The number of alkyl halides is 6. The van der Waals surface area contributed by atoms with Crippen molar-refractivity contribution in [3.05, 3.63) is 68.9 Å². The number of anilines is 2. The molecule has 7 rings (SSSR count). The van der Waals surface area contributed by atoms with E-state index in [-0.39, 0.29) is 67.0 Å². The van der Waals surface area contributed by atoms with Crippen LogP contribution in [0.15, 0.2) is 18.2 Å². The Morgan fingerprint density at radius 3 is 2.55 bits per heavy atom. The first-order valence-corrected chi connectivity index (χ1v) is 17.7. The number of fused-ring (bicyclic) bond motifs is 3. The first kappa shape index (κ1) is 38.4. The molecule has 55 heavy (non-hydrogen) atoms. The summed E-state index contributed by atoms with van der Waals surface area (Å²) in [5.41, 5.74) is 1.63. The number of halogens is 7. The molecule has 2 atom stereocenters. The number of ether oxygens (including phenoxy) is 2. The SMILES string of the molecule is C=C1CN2CCC[C@]2(COc2nc3c(c(N4CCCn5nc(C(=O)N(C)C)c(C(F)(F)F)c5C4)n2)CO[C@H](c2c(F)c(N)cc(C#CC)c2C(F)(F)F)C3)C1. The van der Waals surface area contributed by atoms with E-state index in [1.165, 1.54) is 25.7 Å². The Balaban J connectivity index is 1.33. The van der Waals surface area contributed by atoms with Crippen LogP contribution in [0.3, 0.4) is 0 Å². The van der Waals surface area contributed by atoms with Gasteiger partial charge in [-0.3, -0.25) is 14.4 Å². The van der Waals surface area contributed by atoms with Crippen LogP contribution < -0.4 is 15.4 Å². The zero-order chi connectivity index (χ0) is 39.6. The van der Waals surface area contributed by atoms with Crippen molar-refractivity contribution in [1.82, 2.24) is 29.5 Å². The van der Waals surface area contributed by atoms with Gasteiger partial charge >= 0.3 is 18.4 Å². The largest absolute Gasteiger partial charge is 0.461 e. The van der Waals surface area contributed by atoms with Crippen LogP contribution in [0.4, 0.5) is 42.2 Å². The van der Waals surface area contributed by atoms with E-state index in [1.54, 1.807) is 4.90 Å². The number of carbonyl (C=O) groups excluding carboxylic acids is 1. The Labute approximate surface area is 312 Å². The van der Waals surface area contributed by atoms with Crippen molar-refractivity contribution in [1.29, 1.82) is 0 Å². The van der Waals surface area contributed by atoms with Crippen LogP contribution in [-0.4, -0.2) is 81.3 Å². The van der Waals surface area contributed by atoms with E-state index in [0.717, 1.165) is 35.9 Å². The predicted molar refractivity (Wildman–Crippen MR) is 185 cm³/mol. The minimum absolute atomic E-state index is 0.0605. The average molecular weight is 777 g/mol. The van der Waals surface area contributed by atoms with Crippen LogP contribution in [0, 0.1) is 17.7 Å². The molecule has 0 radical (unpaired) electrons. The lowest BCUT2D eigenvalue weighted by Gasteiger charge is -2.33. The second kappa shape index (κ2) is 14.0. The minimum atomic E-state index is -5.03. The summed E-state index contributed by atoms with van der Waals surface area (Å²) in [6.45, 7) is 6.64. The number of nitrogens with two attached hydrogens (primary N) is 1. The summed E-state index contributed by atoms with van der Waals surface area (Å²) < 4.78 is 117. The number of rotatable bonds is 6. The highest BCUT2D eigenvalue weighted by Crippen LogP contribution is 2.46. The fraction of sp³-hybridized carbons (Fsp3) is 0.514. The lowest BCUT2D eigenvalue weighted by Crippen LogP contribution is -2.43. The molecule has 0 spiro atoms. The number of benzene rings is 1. The number of hydrogen-bond acceptors (Lipinski definition) is 9. The molecule has 3 aromatic rings. The fourth-order valence-corrected chi connectivity index (χ4v) is 8.28. The molecule has 4 aliphatic rings. The quantitative estimate of drug-likeness (QED) is 0.142. The van der Waals surface area contributed by atoms with Crippen molar-refractivity contribution < 1.29 is 45.0 Å². The summed E-state index contributed by atoms with van der Waals surface area (Å²) in [4.78, 5) is 27.1. The van der Waals surface area contributed by atoms with Crippen molar-refractivity contribution in [2.75, 3.05) is 51.0 Å². The summed E-state index contributed by atoms with van der Waals surface area (Å²) in [6, 6.07) is 0.688. The molecule has 294 valence electrons. The monoisotopic (exact) mass is 776 g/mol. The standard InChI is InChI=1S/C37H39F7N8O3/c1-5-8-21-13-23(45)30(38)27(28(21)36(39,40)41)26-14-24-22(18-54-26)32(47-34(46-24)55-19-35-9-6-11-51(35)16-20(2)15-35)50-10-7-12-52-25(17-50)29(37(42,43)44)31(48-52)33(53)49(3)4/h13,26H,2,6-7,9-12,14-19,45H2,1,3-4H3/t26-,35+/m0/s1. The third-order valence-corrected chi connectivity index (χ3v) is 10.6. The molecule has 0 bridgehead atoms. The van der Waals surface area contributed by atoms with E-state index in [1.807, 2.05) is 0 Å². The zero-order valence-electron chi connectivity index (χ0n) is 30.4. The van der Waals surface area contributed by atoms with Crippen LogP contribution in [0.5, 0.6) is 6.01 Å². The summed E-state index contributed by atoms with van der Waals surface area (Å²) in [5.74, 6) is 2.71. The third-order valence-electron chi connectivity index (χ3n) is 10.6. The van der Waals surface area contributed by atoms with Crippen LogP contribution in [0.25, 0.3) is 0 Å². The number of nitrogens with zero attached hydrogens (tertiary/aromatic N) is 7. The van der Waals surface area contributed by atoms with Crippen LogP contribution in [0.2, 0.25) is 0 Å². The van der Waals surface area contributed by atoms with E-state index in [2.05, 4.69) is 33.4 Å². The van der Waals surface area contributed by atoms with Crippen molar-refractivity contribution >= 4 is 17.4 Å². The number of aromatic nitrogens is 4. The molecule has 0 saturated carbocycles. The Kier molecular flexibility index (Phi) is 9.77. The van der Waals surface area contributed by atoms with E-state index in [4.69, 9.17) is 20.2 Å². The smallest absolute Gasteiger partial charge is 0.420 e. The first-order chi connectivity index (χ1) is 25.9. The highest BCUT2D eigenvalue weighted by Gasteiger charge is 2.48. The van der Waals surface area contributed by atoms with E-state index >= 15 is 4.39 Å². The molecule has 11 nitrogen and oxygen atoms in total. The van der Waals surface area contributed by atoms with Crippen LogP contribution in [0.1, 0.15) is 88.4 Å². The molecule has 1 amide bonds. The van der Waals surface area contributed by atoms with Gasteiger partial charge in [0.15, 0.2) is 11.5 Å². The summed E-state index contributed by atoms with van der Waals surface area (Å²) in [7, 11) is 2.66. The Bertz CT molecular complexity index is 2120. The maximum atomic E-state index is 15.7. The van der Waals surface area contributed by atoms with Gasteiger partial charge in [0.2, 0.25) is 0 Å². The summed E-state index contributed by atoms with van der Waals surface area (Å²) in [6.07, 6.45) is -9.13. The maximum absolute atomic E-state index is 15.7. The molecule has 2 saturated heterocycles.